The summed E-state index contributed by atoms with van der Waals surface area (Å²) in [7, 11) is -1.09. The summed E-state index contributed by atoms with van der Waals surface area (Å²) in [5.74, 6) is -2.67. The Bertz CT molecular complexity index is 439. The van der Waals surface area contributed by atoms with Gasteiger partial charge in [-0.15, -0.1) is 0 Å². The molecule has 0 aromatic rings. The average molecular weight is 305 g/mol. The lowest BCUT2D eigenvalue weighted by Gasteiger charge is -2.47. The van der Waals surface area contributed by atoms with Gasteiger partial charge in [0.15, 0.2) is 0 Å². The fourth-order valence-corrected chi connectivity index (χ4v) is 2.37. The van der Waals surface area contributed by atoms with Crippen LogP contribution in [0.3, 0.4) is 0 Å². The molecule has 0 spiro atoms. The monoisotopic (exact) mass is 305 g/mol. The van der Waals surface area contributed by atoms with Crippen LogP contribution < -0.4 is 0 Å². The Balaban J connectivity index is 2.08. The fraction of sp³-hybridized carbons (Fsp3) is 0.857. The van der Waals surface area contributed by atoms with Crippen LogP contribution in [0.2, 0.25) is 0 Å². The van der Waals surface area contributed by atoms with Crippen molar-refractivity contribution >= 4 is 7.12 Å². The molecule has 0 aromatic heterocycles. The standard InChI is InChI=1S/C14H23BF3NO2/c1-11(2,19-8-14(17,18)9-19)7-10(16)15-20-12(3,4)13(5,6)21-15/h7H,8-9H2,1-6H3. The van der Waals surface area contributed by atoms with Crippen LogP contribution >= 0.6 is 0 Å². The maximum atomic E-state index is 14.4. The van der Waals surface area contributed by atoms with Gasteiger partial charge in [0.1, 0.15) is 5.73 Å². The highest BCUT2D eigenvalue weighted by Gasteiger charge is 2.54. The summed E-state index contributed by atoms with van der Waals surface area (Å²) in [5, 5.41) is 0. The van der Waals surface area contributed by atoms with E-state index < -0.39 is 35.5 Å². The van der Waals surface area contributed by atoms with Crippen LogP contribution in [-0.2, 0) is 9.31 Å². The number of hydrogen-bond donors (Lipinski definition) is 0. The minimum atomic E-state index is -2.67. The maximum Gasteiger partial charge on any atom is 0.524 e. The first kappa shape index (κ1) is 16.8. The van der Waals surface area contributed by atoms with E-state index in [0.29, 0.717) is 0 Å². The van der Waals surface area contributed by atoms with Gasteiger partial charge in [-0.1, -0.05) is 0 Å². The van der Waals surface area contributed by atoms with Crippen molar-refractivity contribution in [3.05, 3.63) is 11.8 Å². The number of rotatable bonds is 3. The van der Waals surface area contributed by atoms with Crippen molar-refractivity contribution in [3.8, 4) is 0 Å². The van der Waals surface area contributed by atoms with Gasteiger partial charge >= 0.3 is 7.12 Å². The topological polar surface area (TPSA) is 21.7 Å². The maximum absolute atomic E-state index is 14.4. The second-order valence-electron chi connectivity index (χ2n) is 7.48. The van der Waals surface area contributed by atoms with E-state index in [9.17, 15) is 13.2 Å². The SMILES string of the molecule is CC(C)(C=C(F)B1OC(C)(C)C(C)(C)O1)N1CC(F)(F)C1. The molecule has 3 nitrogen and oxygen atoms in total. The third-order valence-corrected chi connectivity index (χ3v) is 4.63. The van der Waals surface area contributed by atoms with Crippen LogP contribution in [0.5, 0.6) is 0 Å². The van der Waals surface area contributed by atoms with Crippen molar-refractivity contribution in [2.24, 2.45) is 0 Å². The first-order valence-electron chi connectivity index (χ1n) is 7.13. The molecule has 0 aromatic carbocycles. The number of nitrogens with zero attached hydrogens (tertiary/aromatic N) is 1. The van der Waals surface area contributed by atoms with Crippen LogP contribution in [-0.4, -0.2) is 47.8 Å². The van der Waals surface area contributed by atoms with E-state index in [1.807, 2.05) is 27.7 Å². The van der Waals surface area contributed by atoms with Gasteiger partial charge in [-0.2, -0.15) is 0 Å². The molecule has 21 heavy (non-hydrogen) atoms. The second kappa shape index (κ2) is 4.73. The summed E-state index contributed by atoms with van der Waals surface area (Å²) in [6.07, 6.45) is 1.31. The summed E-state index contributed by atoms with van der Waals surface area (Å²) in [6, 6.07) is 0. The largest absolute Gasteiger partial charge is 0.524 e. The van der Waals surface area contributed by atoms with Crippen molar-refractivity contribution in [1.82, 2.24) is 4.90 Å². The van der Waals surface area contributed by atoms with E-state index in [2.05, 4.69) is 0 Å². The van der Waals surface area contributed by atoms with Gasteiger partial charge in [0.05, 0.1) is 24.3 Å². The Morgan fingerprint density at radius 3 is 1.90 bits per heavy atom. The summed E-state index contributed by atoms with van der Waals surface area (Å²) >= 11 is 0. The van der Waals surface area contributed by atoms with Gasteiger partial charge in [0.25, 0.3) is 5.92 Å². The lowest BCUT2D eigenvalue weighted by Crippen LogP contribution is -2.63. The van der Waals surface area contributed by atoms with Gasteiger partial charge in [-0.25, -0.2) is 13.2 Å². The highest BCUT2D eigenvalue weighted by Crippen LogP contribution is 2.40. The molecule has 2 saturated heterocycles. The van der Waals surface area contributed by atoms with Crippen LogP contribution in [0.4, 0.5) is 13.2 Å². The van der Waals surface area contributed by atoms with Gasteiger partial charge in [0.2, 0.25) is 0 Å². The first-order valence-corrected chi connectivity index (χ1v) is 7.13. The van der Waals surface area contributed by atoms with Crippen molar-refractivity contribution < 1.29 is 22.5 Å². The van der Waals surface area contributed by atoms with E-state index in [-0.39, 0.29) is 13.1 Å². The molecule has 2 rings (SSSR count). The van der Waals surface area contributed by atoms with E-state index >= 15 is 0 Å². The summed E-state index contributed by atoms with van der Waals surface area (Å²) in [4.78, 5) is 1.53. The molecule has 0 aliphatic carbocycles. The molecule has 0 saturated carbocycles. The minimum Gasteiger partial charge on any atom is -0.398 e. The number of likely N-dealkylation sites (tertiary alicyclic amines) is 1. The minimum absolute atomic E-state index is 0.354. The van der Waals surface area contributed by atoms with Gasteiger partial charge in [-0.3, -0.25) is 4.90 Å². The van der Waals surface area contributed by atoms with Crippen LogP contribution in [0.1, 0.15) is 41.5 Å². The van der Waals surface area contributed by atoms with Crippen LogP contribution in [0.15, 0.2) is 11.8 Å². The number of hydrogen-bond acceptors (Lipinski definition) is 3. The third kappa shape index (κ3) is 3.15. The average Bonchev–Trinajstić information content (AvgIpc) is 2.44. The Morgan fingerprint density at radius 2 is 1.52 bits per heavy atom. The highest BCUT2D eigenvalue weighted by molar-refractivity contribution is 6.53. The quantitative estimate of drug-likeness (QED) is 0.747. The van der Waals surface area contributed by atoms with Crippen molar-refractivity contribution in [2.75, 3.05) is 13.1 Å². The zero-order valence-electron chi connectivity index (χ0n) is 13.5. The van der Waals surface area contributed by atoms with Crippen LogP contribution in [0.25, 0.3) is 0 Å². The van der Waals surface area contributed by atoms with Gasteiger partial charge < -0.3 is 9.31 Å². The smallest absolute Gasteiger partial charge is 0.398 e. The molecule has 0 N–H and O–H groups in total. The molecule has 120 valence electrons. The van der Waals surface area contributed by atoms with Crippen molar-refractivity contribution in [1.29, 1.82) is 0 Å². The lowest BCUT2D eigenvalue weighted by molar-refractivity contribution is -0.154. The zero-order chi connectivity index (χ0) is 16.3. The molecule has 0 amide bonds. The van der Waals surface area contributed by atoms with E-state index in [0.717, 1.165) is 0 Å². The zero-order valence-corrected chi connectivity index (χ0v) is 13.5. The second-order valence-corrected chi connectivity index (χ2v) is 7.48. The van der Waals surface area contributed by atoms with Crippen LogP contribution in [0, 0.1) is 0 Å². The molecule has 2 aliphatic rings. The number of halogens is 3. The molecule has 7 heteroatoms. The molecule has 2 fully saturated rings. The molecule has 0 radical (unpaired) electrons. The Morgan fingerprint density at radius 1 is 1.10 bits per heavy atom. The van der Waals surface area contributed by atoms with E-state index in [1.54, 1.807) is 13.8 Å². The molecule has 0 bridgehead atoms. The Hall–Kier alpha value is -0.525. The summed E-state index contributed by atoms with van der Waals surface area (Å²) < 4.78 is 51.5. The lowest BCUT2D eigenvalue weighted by atomic mass is 9.83. The predicted octanol–water partition coefficient (Wildman–Crippen LogP) is 3.20. The summed E-state index contributed by atoms with van der Waals surface area (Å²) in [5.41, 5.74) is -2.64. The molecular formula is C14H23BF3NO2. The normalized spacial score (nSPS) is 28.6. The van der Waals surface area contributed by atoms with Gasteiger partial charge in [0, 0.05) is 5.54 Å². The number of alkyl halides is 2. The first-order chi connectivity index (χ1) is 9.26. The van der Waals surface area contributed by atoms with E-state index in [4.69, 9.17) is 9.31 Å². The third-order valence-electron chi connectivity index (χ3n) is 4.63. The molecule has 2 heterocycles. The van der Waals surface area contributed by atoms with Crippen molar-refractivity contribution in [3.63, 3.8) is 0 Å². The molecular weight excluding hydrogens is 282 g/mol. The van der Waals surface area contributed by atoms with Gasteiger partial charge in [-0.05, 0) is 47.6 Å². The highest BCUT2D eigenvalue weighted by atomic mass is 19.3. The van der Waals surface area contributed by atoms with Crippen molar-refractivity contribution in [2.45, 2.75) is 64.2 Å². The molecule has 2 aliphatic heterocycles. The fourth-order valence-electron chi connectivity index (χ4n) is 2.37. The molecule has 0 atom stereocenters. The van der Waals surface area contributed by atoms with E-state index in [1.165, 1.54) is 11.0 Å². The Kier molecular flexibility index (Phi) is 3.80. The summed E-state index contributed by atoms with van der Waals surface area (Å²) in [6.45, 7) is 10.0. The predicted molar refractivity (Wildman–Crippen MR) is 75.9 cm³/mol. The Labute approximate surface area is 124 Å². The molecule has 0 unspecified atom stereocenters.